The Kier molecular flexibility index (Phi) is 5.82. The molecule has 3 amide bonds. The maximum absolute atomic E-state index is 12.2. The van der Waals surface area contributed by atoms with Crippen LogP contribution in [0.15, 0.2) is 30.3 Å². The molecule has 0 aliphatic rings. The molecule has 0 saturated heterocycles. The number of nitrogens with one attached hydrogen (secondary N) is 2. The van der Waals surface area contributed by atoms with Crippen LogP contribution in [0.4, 0.5) is 4.79 Å². The molecule has 0 unspecified atom stereocenters. The van der Waals surface area contributed by atoms with Gasteiger partial charge in [0.05, 0.1) is 10.6 Å². The van der Waals surface area contributed by atoms with Gasteiger partial charge in [0.2, 0.25) is 0 Å². The highest BCUT2D eigenvalue weighted by Crippen LogP contribution is 2.30. The molecule has 0 bridgehead atoms. The minimum Gasteiger partial charge on any atom is -0.334 e. The first-order chi connectivity index (χ1) is 10.9. The smallest absolute Gasteiger partial charge is 0.321 e. The Hall–Kier alpha value is -1.82. The zero-order valence-electron chi connectivity index (χ0n) is 12.0. The number of carbonyl (C=O) groups is 2. The van der Waals surface area contributed by atoms with Crippen molar-refractivity contribution in [2.45, 2.75) is 13.5 Å². The van der Waals surface area contributed by atoms with Crippen LogP contribution in [0.25, 0.3) is 0 Å². The van der Waals surface area contributed by atoms with Crippen LogP contribution in [0.3, 0.4) is 0 Å². The summed E-state index contributed by atoms with van der Waals surface area (Å²) >= 11 is 17.6. The van der Waals surface area contributed by atoms with Gasteiger partial charge in [-0.15, -0.1) is 0 Å². The highest BCUT2D eigenvalue weighted by atomic mass is 35.5. The monoisotopic (exact) mass is 371 g/mol. The Labute approximate surface area is 148 Å². The van der Waals surface area contributed by atoms with Gasteiger partial charge in [0.15, 0.2) is 0 Å². The van der Waals surface area contributed by atoms with Gasteiger partial charge >= 0.3 is 6.03 Å². The van der Waals surface area contributed by atoms with Crippen LogP contribution in [-0.2, 0) is 6.54 Å². The molecule has 0 aliphatic heterocycles. The Morgan fingerprint density at radius 1 is 1.09 bits per heavy atom. The van der Waals surface area contributed by atoms with Gasteiger partial charge in [-0.25, -0.2) is 9.78 Å². The lowest BCUT2D eigenvalue weighted by Gasteiger charge is -2.11. The molecule has 1 heterocycles. The lowest BCUT2D eigenvalue weighted by Crippen LogP contribution is -2.39. The molecular formula is C15H12Cl3N3O2. The van der Waals surface area contributed by atoms with Gasteiger partial charge in [0.25, 0.3) is 5.91 Å². The second kappa shape index (κ2) is 7.64. The lowest BCUT2D eigenvalue weighted by atomic mass is 10.1. The average molecular weight is 373 g/mol. The molecule has 8 heteroatoms. The summed E-state index contributed by atoms with van der Waals surface area (Å²) in [7, 11) is 0. The van der Waals surface area contributed by atoms with E-state index in [1.807, 2.05) is 30.3 Å². The first-order valence-electron chi connectivity index (χ1n) is 6.54. The van der Waals surface area contributed by atoms with Crippen molar-refractivity contribution >= 4 is 46.7 Å². The number of aromatic nitrogens is 1. The van der Waals surface area contributed by atoms with Crippen molar-refractivity contribution in [3.05, 3.63) is 62.4 Å². The molecule has 2 aromatic rings. The molecule has 0 radical (unpaired) electrons. The number of hydrogen-bond acceptors (Lipinski definition) is 3. The van der Waals surface area contributed by atoms with Crippen molar-refractivity contribution in [3.8, 4) is 0 Å². The van der Waals surface area contributed by atoms with E-state index >= 15 is 0 Å². The number of amides is 3. The average Bonchev–Trinajstić information content (AvgIpc) is 2.52. The fourth-order valence-electron chi connectivity index (χ4n) is 1.86. The molecule has 0 saturated carbocycles. The summed E-state index contributed by atoms with van der Waals surface area (Å²) in [5, 5.41) is 4.75. The summed E-state index contributed by atoms with van der Waals surface area (Å²) in [4.78, 5) is 27.7. The third-order valence-corrected chi connectivity index (χ3v) is 4.14. The SMILES string of the molecule is Cc1c(Cl)c(Cl)nc(Cl)c1C(=O)NC(=O)NCc1ccccc1. The van der Waals surface area contributed by atoms with Crippen molar-refractivity contribution in [3.63, 3.8) is 0 Å². The highest BCUT2D eigenvalue weighted by molar-refractivity contribution is 6.43. The van der Waals surface area contributed by atoms with E-state index in [9.17, 15) is 9.59 Å². The quantitative estimate of drug-likeness (QED) is 0.800. The number of imide groups is 1. The lowest BCUT2D eigenvalue weighted by molar-refractivity contribution is 0.0963. The van der Waals surface area contributed by atoms with Crippen molar-refractivity contribution in [1.29, 1.82) is 0 Å². The topological polar surface area (TPSA) is 71.1 Å². The Morgan fingerprint density at radius 3 is 2.39 bits per heavy atom. The largest absolute Gasteiger partial charge is 0.334 e. The summed E-state index contributed by atoms with van der Waals surface area (Å²) in [6, 6.07) is 8.63. The number of pyridine rings is 1. The summed E-state index contributed by atoms with van der Waals surface area (Å²) in [6.45, 7) is 1.85. The van der Waals surface area contributed by atoms with E-state index in [1.54, 1.807) is 6.92 Å². The third kappa shape index (κ3) is 4.34. The molecule has 0 atom stereocenters. The standard InChI is InChI=1S/C15H12Cl3N3O2/c1-8-10(12(17)20-13(18)11(8)16)14(22)21-15(23)19-7-9-5-3-2-4-6-9/h2-6H,7H2,1H3,(H2,19,21,22,23). The van der Waals surface area contributed by atoms with Crippen molar-refractivity contribution in [1.82, 2.24) is 15.6 Å². The molecule has 120 valence electrons. The van der Waals surface area contributed by atoms with E-state index in [1.165, 1.54) is 0 Å². The fraction of sp³-hybridized carbons (Fsp3) is 0.133. The van der Waals surface area contributed by atoms with Crippen LogP contribution in [0, 0.1) is 6.92 Å². The van der Waals surface area contributed by atoms with Gasteiger partial charge in [-0.2, -0.15) is 0 Å². The van der Waals surface area contributed by atoms with E-state index in [4.69, 9.17) is 34.8 Å². The molecule has 2 rings (SSSR count). The van der Waals surface area contributed by atoms with E-state index in [0.717, 1.165) is 5.56 Å². The van der Waals surface area contributed by atoms with Gasteiger partial charge < -0.3 is 5.32 Å². The van der Waals surface area contributed by atoms with Crippen LogP contribution in [0.2, 0.25) is 15.3 Å². The second-order valence-electron chi connectivity index (χ2n) is 4.63. The predicted octanol–water partition coefficient (Wildman–Crippen LogP) is 3.99. The zero-order chi connectivity index (χ0) is 17.0. The minimum atomic E-state index is -0.705. The van der Waals surface area contributed by atoms with Gasteiger partial charge in [-0.3, -0.25) is 10.1 Å². The summed E-state index contributed by atoms with van der Waals surface area (Å²) < 4.78 is 0. The Morgan fingerprint density at radius 2 is 1.74 bits per heavy atom. The maximum atomic E-state index is 12.2. The second-order valence-corrected chi connectivity index (χ2v) is 5.72. The number of carbonyl (C=O) groups excluding carboxylic acids is 2. The number of hydrogen-bond donors (Lipinski definition) is 2. The van der Waals surface area contributed by atoms with Crippen LogP contribution in [0.5, 0.6) is 0 Å². The fourth-order valence-corrected chi connectivity index (χ4v) is 2.58. The third-order valence-electron chi connectivity index (χ3n) is 3.04. The molecule has 0 fully saturated rings. The van der Waals surface area contributed by atoms with Gasteiger partial charge in [0, 0.05) is 6.54 Å². The molecule has 0 spiro atoms. The molecular weight excluding hydrogens is 361 g/mol. The Balaban J connectivity index is 2.05. The van der Waals surface area contributed by atoms with E-state index in [2.05, 4.69) is 15.6 Å². The number of halogens is 3. The van der Waals surface area contributed by atoms with Gasteiger partial charge in [-0.1, -0.05) is 65.1 Å². The molecule has 5 nitrogen and oxygen atoms in total. The summed E-state index contributed by atoms with van der Waals surface area (Å²) in [5.41, 5.74) is 1.27. The highest BCUT2D eigenvalue weighted by Gasteiger charge is 2.21. The van der Waals surface area contributed by atoms with E-state index in [0.29, 0.717) is 5.56 Å². The van der Waals surface area contributed by atoms with Crippen LogP contribution >= 0.6 is 34.8 Å². The summed E-state index contributed by atoms with van der Waals surface area (Å²) in [5.74, 6) is -0.705. The molecule has 0 aliphatic carbocycles. The van der Waals surface area contributed by atoms with Crippen molar-refractivity contribution < 1.29 is 9.59 Å². The first kappa shape index (κ1) is 17.5. The van der Waals surface area contributed by atoms with Crippen molar-refractivity contribution in [2.24, 2.45) is 0 Å². The normalized spacial score (nSPS) is 10.3. The molecule has 1 aromatic heterocycles. The summed E-state index contributed by atoms with van der Waals surface area (Å²) in [6.07, 6.45) is 0. The van der Waals surface area contributed by atoms with E-state index < -0.39 is 11.9 Å². The van der Waals surface area contributed by atoms with Gasteiger partial charge in [0.1, 0.15) is 10.3 Å². The van der Waals surface area contributed by atoms with Crippen molar-refractivity contribution in [2.75, 3.05) is 0 Å². The van der Waals surface area contributed by atoms with E-state index in [-0.39, 0.29) is 27.4 Å². The molecule has 2 N–H and O–H groups in total. The number of benzene rings is 1. The maximum Gasteiger partial charge on any atom is 0.321 e. The number of nitrogens with zero attached hydrogens (tertiary/aromatic N) is 1. The zero-order valence-corrected chi connectivity index (χ0v) is 14.3. The molecule has 1 aromatic carbocycles. The van der Waals surface area contributed by atoms with Crippen LogP contribution in [0.1, 0.15) is 21.5 Å². The first-order valence-corrected chi connectivity index (χ1v) is 7.67. The number of rotatable bonds is 3. The Bertz CT molecular complexity index is 751. The molecule has 23 heavy (non-hydrogen) atoms. The predicted molar refractivity (Wildman–Crippen MR) is 90.1 cm³/mol. The minimum absolute atomic E-state index is 0.000698. The van der Waals surface area contributed by atoms with Gasteiger partial charge in [-0.05, 0) is 18.1 Å². The number of urea groups is 1. The van der Waals surface area contributed by atoms with Crippen LogP contribution in [-0.4, -0.2) is 16.9 Å². The van der Waals surface area contributed by atoms with Crippen LogP contribution < -0.4 is 10.6 Å².